The first-order valence-corrected chi connectivity index (χ1v) is 11.7. The van der Waals surface area contributed by atoms with Crippen molar-refractivity contribution in [1.82, 2.24) is 14.7 Å². The Labute approximate surface area is 189 Å². The van der Waals surface area contributed by atoms with E-state index in [1.165, 1.54) is 5.56 Å². The summed E-state index contributed by atoms with van der Waals surface area (Å²) in [6.07, 6.45) is 4.01. The summed E-state index contributed by atoms with van der Waals surface area (Å²) in [6, 6.07) is 10.3. The lowest BCUT2D eigenvalue weighted by molar-refractivity contribution is 0.124. The SMILES string of the molecule is COc1ccc(CN(CCCN2CCN(CCCN)CC2)Cc2ccco2)cc1Br. The molecular formula is C23H35BrN4O2. The van der Waals surface area contributed by atoms with E-state index in [0.29, 0.717) is 0 Å². The van der Waals surface area contributed by atoms with Crippen LogP contribution in [0.5, 0.6) is 5.75 Å². The Bertz CT molecular complexity index is 733. The van der Waals surface area contributed by atoms with E-state index in [4.69, 9.17) is 14.9 Å². The molecule has 0 atom stereocenters. The lowest BCUT2D eigenvalue weighted by Gasteiger charge is -2.35. The van der Waals surface area contributed by atoms with Crippen molar-refractivity contribution in [2.24, 2.45) is 5.73 Å². The minimum atomic E-state index is 0.788. The van der Waals surface area contributed by atoms with Gasteiger partial charge in [0.25, 0.3) is 0 Å². The summed E-state index contributed by atoms with van der Waals surface area (Å²) in [5.41, 5.74) is 6.90. The zero-order chi connectivity index (χ0) is 21.2. The average Bonchev–Trinajstić information content (AvgIpc) is 3.26. The molecule has 0 spiro atoms. The summed E-state index contributed by atoms with van der Waals surface area (Å²) >= 11 is 3.60. The number of nitrogens with two attached hydrogens (primary N) is 1. The van der Waals surface area contributed by atoms with Crippen LogP contribution in [0.1, 0.15) is 24.2 Å². The zero-order valence-electron chi connectivity index (χ0n) is 18.1. The van der Waals surface area contributed by atoms with Crippen molar-refractivity contribution in [3.63, 3.8) is 0 Å². The van der Waals surface area contributed by atoms with E-state index >= 15 is 0 Å². The minimum absolute atomic E-state index is 0.788. The van der Waals surface area contributed by atoms with E-state index in [1.807, 2.05) is 12.1 Å². The Morgan fingerprint density at radius 2 is 1.80 bits per heavy atom. The standard InChI is InChI=1S/C23H35BrN4O2/c1-29-23-7-6-20(17-22(23)24)18-28(19-21-5-2-16-30-21)11-4-10-27-14-12-26(13-15-27)9-3-8-25/h2,5-7,16-17H,3-4,8-15,18-19,25H2,1H3. The van der Waals surface area contributed by atoms with Crippen LogP contribution in [-0.4, -0.2) is 74.2 Å². The molecule has 1 fully saturated rings. The quantitative estimate of drug-likeness (QED) is 0.504. The topological polar surface area (TPSA) is 58.1 Å². The van der Waals surface area contributed by atoms with Gasteiger partial charge in [-0.3, -0.25) is 4.90 Å². The third-order valence-electron chi connectivity index (χ3n) is 5.67. The van der Waals surface area contributed by atoms with Crippen LogP contribution in [0.4, 0.5) is 0 Å². The summed E-state index contributed by atoms with van der Waals surface area (Å²) in [5.74, 6) is 1.87. The number of methoxy groups -OCH3 is 1. The van der Waals surface area contributed by atoms with Crippen LogP contribution in [-0.2, 0) is 13.1 Å². The molecule has 0 bridgehead atoms. The van der Waals surface area contributed by atoms with E-state index in [-0.39, 0.29) is 0 Å². The van der Waals surface area contributed by atoms with Gasteiger partial charge in [-0.05, 0) is 78.2 Å². The molecule has 0 amide bonds. The highest BCUT2D eigenvalue weighted by Crippen LogP contribution is 2.26. The number of benzene rings is 1. The first kappa shape index (κ1) is 23.3. The van der Waals surface area contributed by atoms with Gasteiger partial charge < -0.3 is 24.7 Å². The lowest BCUT2D eigenvalue weighted by Crippen LogP contribution is -2.47. The molecular weight excluding hydrogens is 444 g/mol. The Kier molecular flexibility index (Phi) is 9.68. The molecule has 2 aromatic rings. The molecule has 1 aromatic carbocycles. The highest BCUT2D eigenvalue weighted by molar-refractivity contribution is 9.10. The van der Waals surface area contributed by atoms with Gasteiger partial charge in [0.15, 0.2) is 0 Å². The molecule has 1 aliphatic rings. The highest BCUT2D eigenvalue weighted by atomic mass is 79.9. The van der Waals surface area contributed by atoms with Gasteiger partial charge in [-0.15, -0.1) is 0 Å². The van der Waals surface area contributed by atoms with Crippen molar-refractivity contribution < 1.29 is 9.15 Å². The van der Waals surface area contributed by atoms with E-state index in [0.717, 1.165) is 94.3 Å². The van der Waals surface area contributed by atoms with Crippen molar-refractivity contribution in [2.75, 3.05) is 59.5 Å². The molecule has 1 aliphatic heterocycles. The number of ether oxygens (including phenoxy) is 1. The van der Waals surface area contributed by atoms with Gasteiger partial charge in [-0.2, -0.15) is 0 Å². The van der Waals surface area contributed by atoms with E-state index in [2.05, 4.69) is 48.8 Å². The molecule has 7 heteroatoms. The van der Waals surface area contributed by atoms with Crippen LogP contribution in [0.2, 0.25) is 0 Å². The average molecular weight is 479 g/mol. The number of piperazine rings is 1. The van der Waals surface area contributed by atoms with Gasteiger partial charge in [0, 0.05) is 39.3 Å². The Morgan fingerprint density at radius 1 is 1.07 bits per heavy atom. The van der Waals surface area contributed by atoms with Crippen LogP contribution < -0.4 is 10.5 Å². The van der Waals surface area contributed by atoms with Crippen LogP contribution in [0.15, 0.2) is 45.5 Å². The van der Waals surface area contributed by atoms with Crippen molar-refractivity contribution >= 4 is 15.9 Å². The molecule has 3 rings (SSSR count). The maximum atomic E-state index is 5.64. The van der Waals surface area contributed by atoms with Crippen LogP contribution in [0.25, 0.3) is 0 Å². The summed E-state index contributed by atoms with van der Waals surface area (Å²) < 4.78 is 12.0. The number of halogens is 1. The highest BCUT2D eigenvalue weighted by Gasteiger charge is 2.17. The van der Waals surface area contributed by atoms with Crippen molar-refractivity contribution in [3.05, 3.63) is 52.4 Å². The molecule has 30 heavy (non-hydrogen) atoms. The second-order valence-electron chi connectivity index (χ2n) is 7.94. The molecule has 0 aliphatic carbocycles. The van der Waals surface area contributed by atoms with Gasteiger partial charge >= 0.3 is 0 Å². The van der Waals surface area contributed by atoms with Crippen LogP contribution in [0.3, 0.4) is 0 Å². The maximum absolute atomic E-state index is 5.64. The molecule has 6 nitrogen and oxygen atoms in total. The molecule has 166 valence electrons. The molecule has 2 heterocycles. The van der Waals surface area contributed by atoms with Crippen molar-refractivity contribution in [2.45, 2.75) is 25.9 Å². The first-order chi connectivity index (χ1) is 14.7. The van der Waals surface area contributed by atoms with E-state index < -0.39 is 0 Å². The molecule has 0 radical (unpaired) electrons. The number of hydrogen-bond donors (Lipinski definition) is 1. The van der Waals surface area contributed by atoms with Crippen LogP contribution >= 0.6 is 15.9 Å². The number of rotatable bonds is 12. The largest absolute Gasteiger partial charge is 0.496 e. The summed E-state index contributed by atoms with van der Waals surface area (Å²) in [6.45, 7) is 10.5. The summed E-state index contributed by atoms with van der Waals surface area (Å²) in [5, 5.41) is 0. The first-order valence-electron chi connectivity index (χ1n) is 10.9. The monoisotopic (exact) mass is 478 g/mol. The number of furan rings is 1. The molecule has 0 saturated carbocycles. The fourth-order valence-corrected chi connectivity index (χ4v) is 4.56. The predicted molar refractivity (Wildman–Crippen MR) is 125 cm³/mol. The Balaban J connectivity index is 1.49. The number of nitrogens with zero attached hydrogens (tertiary/aromatic N) is 3. The predicted octanol–water partition coefficient (Wildman–Crippen LogP) is 3.41. The maximum Gasteiger partial charge on any atom is 0.133 e. The second kappa shape index (κ2) is 12.5. The van der Waals surface area contributed by atoms with Crippen molar-refractivity contribution in [3.8, 4) is 5.75 Å². The van der Waals surface area contributed by atoms with Gasteiger partial charge in [0.2, 0.25) is 0 Å². The molecule has 1 saturated heterocycles. The Hall–Kier alpha value is -1.38. The lowest BCUT2D eigenvalue weighted by atomic mass is 10.2. The summed E-state index contributed by atoms with van der Waals surface area (Å²) in [4.78, 5) is 7.59. The van der Waals surface area contributed by atoms with Gasteiger partial charge in [0.1, 0.15) is 11.5 Å². The van der Waals surface area contributed by atoms with Crippen molar-refractivity contribution in [1.29, 1.82) is 0 Å². The zero-order valence-corrected chi connectivity index (χ0v) is 19.6. The smallest absolute Gasteiger partial charge is 0.133 e. The minimum Gasteiger partial charge on any atom is -0.496 e. The molecule has 1 aromatic heterocycles. The summed E-state index contributed by atoms with van der Waals surface area (Å²) in [7, 11) is 1.70. The molecule has 0 unspecified atom stereocenters. The Morgan fingerprint density at radius 3 is 2.40 bits per heavy atom. The molecule has 2 N–H and O–H groups in total. The third-order valence-corrected chi connectivity index (χ3v) is 6.29. The van der Waals surface area contributed by atoms with Crippen LogP contribution in [0, 0.1) is 0 Å². The van der Waals surface area contributed by atoms with Gasteiger partial charge in [0.05, 0.1) is 24.4 Å². The van der Waals surface area contributed by atoms with Gasteiger partial charge in [-0.25, -0.2) is 0 Å². The second-order valence-corrected chi connectivity index (χ2v) is 8.79. The normalized spacial score (nSPS) is 15.7. The number of hydrogen-bond acceptors (Lipinski definition) is 6. The van der Waals surface area contributed by atoms with E-state index in [1.54, 1.807) is 13.4 Å². The third kappa shape index (κ3) is 7.39. The van der Waals surface area contributed by atoms with Gasteiger partial charge in [-0.1, -0.05) is 6.07 Å². The fraction of sp³-hybridized carbons (Fsp3) is 0.565. The fourth-order valence-electron chi connectivity index (χ4n) is 3.97. The van der Waals surface area contributed by atoms with E-state index in [9.17, 15) is 0 Å².